The second-order valence-electron chi connectivity index (χ2n) is 18.3. The fourth-order valence-electron chi connectivity index (χ4n) is 12.5. The molecule has 1 aromatic heterocycles. The van der Waals surface area contributed by atoms with Crippen LogP contribution in [0.1, 0.15) is 67.5 Å². The number of para-hydroxylation sites is 2. The van der Waals surface area contributed by atoms with Crippen molar-refractivity contribution in [2.75, 3.05) is 0 Å². The SMILES string of the molecule is c1ccc(C2c3cc(CC4c5ccccc5-c5ccccc54)ccc3-c3cc4c(cc32)-c2ccc(-n3c5ccccc5c5ccccc53)cc2C4(c2ccccc2)c2ccccc2)cc1. The van der Waals surface area contributed by atoms with Crippen molar-refractivity contribution >= 4 is 21.8 Å². The van der Waals surface area contributed by atoms with Crippen molar-refractivity contribution in [3.8, 4) is 39.1 Å². The van der Waals surface area contributed by atoms with E-state index < -0.39 is 5.41 Å². The van der Waals surface area contributed by atoms with Gasteiger partial charge in [-0.1, -0.05) is 200 Å². The summed E-state index contributed by atoms with van der Waals surface area (Å²) in [4.78, 5) is 0. The van der Waals surface area contributed by atoms with E-state index in [1.165, 1.54) is 117 Å². The summed E-state index contributed by atoms with van der Waals surface area (Å²) in [7, 11) is 0. The van der Waals surface area contributed by atoms with Gasteiger partial charge < -0.3 is 4.57 Å². The van der Waals surface area contributed by atoms with Crippen LogP contribution >= 0.6 is 0 Å². The van der Waals surface area contributed by atoms with Gasteiger partial charge in [0.05, 0.1) is 16.4 Å². The van der Waals surface area contributed by atoms with Crippen LogP contribution < -0.4 is 0 Å². The van der Waals surface area contributed by atoms with Gasteiger partial charge in [-0.3, -0.25) is 0 Å². The Balaban J connectivity index is 1.000. The molecule has 3 aliphatic carbocycles. The number of benzene rings is 10. The van der Waals surface area contributed by atoms with Crippen molar-refractivity contribution in [3.63, 3.8) is 0 Å². The minimum absolute atomic E-state index is 0.110. The molecule has 0 N–H and O–H groups in total. The highest BCUT2D eigenvalue weighted by Crippen LogP contribution is 2.60. The largest absolute Gasteiger partial charge is 0.309 e. The van der Waals surface area contributed by atoms with Crippen LogP contribution in [-0.2, 0) is 11.8 Å². The first kappa shape index (κ1) is 36.5. The van der Waals surface area contributed by atoms with Crippen LogP contribution in [0.15, 0.2) is 237 Å². The Hall–Kier alpha value is -8.00. The molecule has 0 bridgehead atoms. The molecule has 304 valence electrons. The van der Waals surface area contributed by atoms with Gasteiger partial charge >= 0.3 is 0 Å². The van der Waals surface area contributed by atoms with E-state index in [-0.39, 0.29) is 5.92 Å². The zero-order valence-electron chi connectivity index (χ0n) is 35.8. The third kappa shape index (κ3) is 5.15. The Labute approximate surface area is 379 Å². The highest BCUT2D eigenvalue weighted by atomic mass is 15.0. The molecule has 1 unspecified atom stereocenters. The van der Waals surface area contributed by atoms with Crippen molar-refractivity contribution in [1.82, 2.24) is 4.57 Å². The lowest BCUT2D eigenvalue weighted by molar-refractivity contribution is 0.767. The number of fused-ring (bicyclic) bond motifs is 12. The zero-order chi connectivity index (χ0) is 42.6. The van der Waals surface area contributed by atoms with Gasteiger partial charge in [0.2, 0.25) is 0 Å². The van der Waals surface area contributed by atoms with Gasteiger partial charge in [-0.2, -0.15) is 0 Å². The summed E-state index contributed by atoms with van der Waals surface area (Å²) in [5.41, 5.74) is 24.7. The van der Waals surface area contributed by atoms with Crippen LogP contribution in [0.4, 0.5) is 0 Å². The minimum Gasteiger partial charge on any atom is -0.309 e. The smallest absolute Gasteiger partial charge is 0.0714 e. The van der Waals surface area contributed by atoms with Gasteiger partial charge in [0.25, 0.3) is 0 Å². The van der Waals surface area contributed by atoms with Gasteiger partial charge in [0, 0.05) is 28.3 Å². The van der Waals surface area contributed by atoms with E-state index in [0.29, 0.717) is 5.92 Å². The second-order valence-corrected chi connectivity index (χ2v) is 18.3. The van der Waals surface area contributed by atoms with Crippen LogP contribution in [0.2, 0.25) is 0 Å². The first-order chi connectivity index (χ1) is 32.3. The van der Waals surface area contributed by atoms with E-state index in [1.54, 1.807) is 0 Å². The molecule has 0 fully saturated rings. The molecular formula is C64H43N. The molecule has 0 saturated heterocycles. The average Bonchev–Trinajstić information content (AvgIpc) is 4.07. The van der Waals surface area contributed by atoms with Crippen molar-refractivity contribution < 1.29 is 0 Å². The lowest BCUT2D eigenvalue weighted by Gasteiger charge is -2.34. The number of hydrogen-bond acceptors (Lipinski definition) is 0. The molecule has 1 nitrogen and oxygen atoms in total. The Kier molecular flexibility index (Phi) is 7.86. The molecule has 0 aliphatic heterocycles. The Morgan fingerprint density at radius 1 is 0.354 bits per heavy atom. The quantitative estimate of drug-likeness (QED) is 0.157. The average molecular weight is 826 g/mol. The predicted molar refractivity (Wildman–Crippen MR) is 268 cm³/mol. The van der Waals surface area contributed by atoms with E-state index in [9.17, 15) is 0 Å². The maximum Gasteiger partial charge on any atom is 0.0714 e. The fraction of sp³-hybridized carbons (Fsp3) is 0.0625. The molecule has 1 atom stereocenters. The first-order valence-electron chi connectivity index (χ1n) is 23.0. The van der Waals surface area contributed by atoms with Crippen molar-refractivity contribution in [1.29, 1.82) is 0 Å². The van der Waals surface area contributed by atoms with Crippen LogP contribution in [0.3, 0.4) is 0 Å². The second kappa shape index (κ2) is 14.0. The Bertz CT molecular complexity index is 3550. The molecule has 14 rings (SSSR count). The summed E-state index contributed by atoms with van der Waals surface area (Å²) < 4.78 is 2.47. The maximum atomic E-state index is 2.59. The zero-order valence-corrected chi connectivity index (χ0v) is 35.8. The van der Waals surface area contributed by atoms with E-state index >= 15 is 0 Å². The summed E-state index contributed by atoms with van der Waals surface area (Å²) in [6, 6.07) is 89.4. The third-order valence-electron chi connectivity index (χ3n) is 15.1. The van der Waals surface area contributed by atoms with E-state index in [1.807, 2.05) is 0 Å². The lowest BCUT2D eigenvalue weighted by Crippen LogP contribution is -2.28. The fourth-order valence-corrected chi connectivity index (χ4v) is 12.5. The molecule has 0 saturated carbocycles. The van der Waals surface area contributed by atoms with Gasteiger partial charge in [0.1, 0.15) is 0 Å². The van der Waals surface area contributed by atoms with E-state index in [2.05, 4.69) is 241 Å². The van der Waals surface area contributed by atoms with Crippen LogP contribution in [0.25, 0.3) is 60.9 Å². The summed E-state index contributed by atoms with van der Waals surface area (Å²) in [5, 5.41) is 2.54. The monoisotopic (exact) mass is 825 g/mol. The van der Waals surface area contributed by atoms with E-state index in [4.69, 9.17) is 0 Å². The summed E-state index contributed by atoms with van der Waals surface area (Å²) in [6.45, 7) is 0. The van der Waals surface area contributed by atoms with Crippen LogP contribution in [-0.4, -0.2) is 4.57 Å². The number of aromatic nitrogens is 1. The lowest BCUT2D eigenvalue weighted by atomic mass is 9.67. The Morgan fingerprint density at radius 3 is 1.51 bits per heavy atom. The molecule has 0 radical (unpaired) electrons. The number of nitrogens with zero attached hydrogens (tertiary/aromatic N) is 1. The third-order valence-corrected chi connectivity index (χ3v) is 15.1. The molecular weight excluding hydrogens is 783 g/mol. The summed E-state index contributed by atoms with van der Waals surface area (Å²) >= 11 is 0. The molecule has 0 spiro atoms. The number of hydrogen-bond donors (Lipinski definition) is 0. The van der Waals surface area contributed by atoms with Gasteiger partial charge in [-0.15, -0.1) is 0 Å². The summed E-state index contributed by atoms with van der Waals surface area (Å²) in [6.07, 6.45) is 0.961. The standard InChI is InChI=1S/C64H43N/c1-4-18-42(19-5-1)63-57-37-41(36-54-48-26-12-10-24-46(48)47-25-11-13-27-49(47)54)32-34-50(57)55-40-60-56(39-58(55)63)51-35-33-45(65-61-30-16-14-28-52(61)53-29-15-17-31-62(53)65)38-59(51)64(60,43-20-6-2-7-21-43)44-22-8-3-9-23-44/h1-35,37-40,54,63H,36H2. The normalized spacial score (nSPS) is 15.0. The molecule has 0 amide bonds. The van der Waals surface area contributed by atoms with Crippen LogP contribution in [0, 0.1) is 0 Å². The molecule has 65 heavy (non-hydrogen) atoms. The number of rotatable bonds is 6. The predicted octanol–water partition coefficient (Wildman–Crippen LogP) is 15.7. The Morgan fingerprint density at radius 2 is 0.862 bits per heavy atom. The van der Waals surface area contributed by atoms with Crippen molar-refractivity contribution in [3.05, 3.63) is 292 Å². The minimum atomic E-state index is -0.564. The van der Waals surface area contributed by atoms with Crippen LogP contribution in [0.5, 0.6) is 0 Å². The van der Waals surface area contributed by atoms with Gasteiger partial charge in [0.15, 0.2) is 0 Å². The summed E-state index contributed by atoms with van der Waals surface area (Å²) in [5.74, 6) is 0.433. The highest BCUT2D eigenvalue weighted by molar-refractivity contribution is 6.09. The highest BCUT2D eigenvalue weighted by Gasteiger charge is 2.48. The van der Waals surface area contributed by atoms with Crippen molar-refractivity contribution in [2.24, 2.45) is 0 Å². The molecule has 1 heterocycles. The van der Waals surface area contributed by atoms with E-state index in [0.717, 1.165) is 6.42 Å². The molecule has 10 aromatic carbocycles. The van der Waals surface area contributed by atoms with Gasteiger partial charge in [-0.05, 0) is 132 Å². The first-order valence-corrected chi connectivity index (χ1v) is 23.0. The molecule has 11 aromatic rings. The van der Waals surface area contributed by atoms with Crippen molar-refractivity contribution in [2.45, 2.75) is 23.7 Å². The van der Waals surface area contributed by atoms with Gasteiger partial charge in [-0.25, -0.2) is 0 Å². The molecule has 1 heteroatoms. The maximum absolute atomic E-state index is 2.59. The topological polar surface area (TPSA) is 4.93 Å². The molecule has 3 aliphatic rings.